The summed E-state index contributed by atoms with van der Waals surface area (Å²) in [6.45, 7) is 3.84. The van der Waals surface area contributed by atoms with E-state index < -0.39 is 29.7 Å². The Balaban J connectivity index is 2.64. The van der Waals surface area contributed by atoms with Gasteiger partial charge in [-0.05, 0) is 30.0 Å². The second-order valence-corrected chi connectivity index (χ2v) is 5.60. The van der Waals surface area contributed by atoms with E-state index in [0.29, 0.717) is 12.0 Å². The summed E-state index contributed by atoms with van der Waals surface area (Å²) in [5.41, 5.74) is 4.81. The molecule has 5 nitrogen and oxygen atoms in total. The van der Waals surface area contributed by atoms with Gasteiger partial charge in [-0.1, -0.05) is 26.0 Å². The number of nitrogens with one attached hydrogen (secondary N) is 2. The van der Waals surface area contributed by atoms with Crippen LogP contribution in [-0.2, 0) is 17.5 Å². The highest BCUT2D eigenvalue weighted by Crippen LogP contribution is 2.29. The molecular weight excluding hydrogens is 311 g/mol. The van der Waals surface area contributed by atoms with E-state index in [2.05, 4.69) is 10.6 Å². The van der Waals surface area contributed by atoms with Crippen molar-refractivity contribution in [2.24, 2.45) is 11.7 Å². The highest BCUT2D eigenvalue weighted by molar-refractivity contribution is 5.86. The summed E-state index contributed by atoms with van der Waals surface area (Å²) in [6, 6.07) is 2.91. The lowest BCUT2D eigenvalue weighted by molar-refractivity contribution is -0.137. The van der Waals surface area contributed by atoms with Gasteiger partial charge in [-0.15, -0.1) is 0 Å². The number of primary amides is 1. The van der Waals surface area contributed by atoms with Crippen molar-refractivity contribution in [3.8, 4) is 0 Å². The Morgan fingerprint density at radius 2 is 1.74 bits per heavy atom. The topological polar surface area (TPSA) is 84.2 Å². The maximum atomic E-state index is 12.5. The van der Waals surface area contributed by atoms with Crippen LogP contribution in [0.4, 0.5) is 18.0 Å². The molecule has 0 aliphatic carbocycles. The lowest BCUT2D eigenvalue weighted by atomic mass is 10.0. The second-order valence-electron chi connectivity index (χ2n) is 5.60. The third-order valence-electron chi connectivity index (χ3n) is 3.09. The first-order valence-electron chi connectivity index (χ1n) is 7.09. The van der Waals surface area contributed by atoms with Crippen molar-refractivity contribution in [2.75, 3.05) is 0 Å². The van der Waals surface area contributed by atoms with E-state index in [1.54, 1.807) is 0 Å². The molecule has 1 unspecified atom stereocenters. The number of benzene rings is 1. The molecule has 128 valence electrons. The van der Waals surface area contributed by atoms with Gasteiger partial charge >= 0.3 is 12.2 Å². The predicted molar refractivity (Wildman–Crippen MR) is 79.3 cm³/mol. The third-order valence-corrected chi connectivity index (χ3v) is 3.09. The fourth-order valence-corrected chi connectivity index (χ4v) is 2.00. The average Bonchev–Trinajstić information content (AvgIpc) is 2.42. The maximum Gasteiger partial charge on any atom is 0.416 e. The number of nitrogens with two attached hydrogens (primary N) is 1. The van der Waals surface area contributed by atoms with Gasteiger partial charge in [0.2, 0.25) is 5.91 Å². The minimum absolute atomic E-state index is 0.0615. The van der Waals surface area contributed by atoms with E-state index in [9.17, 15) is 22.8 Å². The minimum atomic E-state index is -4.39. The van der Waals surface area contributed by atoms with Gasteiger partial charge in [0.15, 0.2) is 0 Å². The smallest absolute Gasteiger partial charge is 0.352 e. The zero-order valence-electron chi connectivity index (χ0n) is 12.9. The summed E-state index contributed by atoms with van der Waals surface area (Å²) in [4.78, 5) is 23.0. The number of carbonyl (C=O) groups is 2. The van der Waals surface area contributed by atoms with Gasteiger partial charge in [0.25, 0.3) is 0 Å². The monoisotopic (exact) mass is 331 g/mol. The van der Waals surface area contributed by atoms with E-state index in [1.165, 1.54) is 12.1 Å². The molecule has 1 atom stereocenters. The Hall–Kier alpha value is -2.25. The third kappa shape index (κ3) is 6.58. The van der Waals surface area contributed by atoms with E-state index in [0.717, 1.165) is 12.1 Å². The van der Waals surface area contributed by atoms with Crippen LogP contribution in [0.1, 0.15) is 31.4 Å². The van der Waals surface area contributed by atoms with Crippen LogP contribution in [0, 0.1) is 5.92 Å². The molecule has 0 saturated carbocycles. The Morgan fingerprint density at radius 1 is 1.17 bits per heavy atom. The predicted octanol–water partition coefficient (Wildman–Crippen LogP) is 2.40. The normalized spacial score (nSPS) is 12.8. The molecule has 0 fully saturated rings. The molecule has 23 heavy (non-hydrogen) atoms. The first-order valence-corrected chi connectivity index (χ1v) is 7.09. The zero-order valence-corrected chi connectivity index (χ0v) is 12.9. The van der Waals surface area contributed by atoms with Crippen molar-refractivity contribution >= 4 is 11.9 Å². The number of hydrogen-bond acceptors (Lipinski definition) is 2. The first kappa shape index (κ1) is 18.8. The van der Waals surface area contributed by atoms with Gasteiger partial charge in [-0.3, -0.25) is 4.79 Å². The standard InChI is InChI=1S/C15H20F3N3O2/c1-9(2)7-12(21-14(19)23)13(22)20-8-10-3-5-11(6-4-10)15(16,17)18/h3-6,9,12H,7-8H2,1-2H3,(H,20,22)(H3,19,21,23). The highest BCUT2D eigenvalue weighted by atomic mass is 19.4. The Labute approximate surface area is 132 Å². The van der Waals surface area contributed by atoms with E-state index in [4.69, 9.17) is 5.73 Å². The summed E-state index contributed by atoms with van der Waals surface area (Å²) in [5, 5.41) is 4.93. The molecule has 0 spiro atoms. The lowest BCUT2D eigenvalue weighted by Gasteiger charge is -2.19. The molecular formula is C15H20F3N3O2. The van der Waals surface area contributed by atoms with Crippen molar-refractivity contribution < 1.29 is 22.8 Å². The van der Waals surface area contributed by atoms with Crippen molar-refractivity contribution in [1.29, 1.82) is 0 Å². The Bertz CT molecular complexity index is 542. The van der Waals surface area contributed by atoms with Crippen LogP contribution < -0.4 is 16.4 Å². The van der Waals surface area contributed by atoms with Crippen molar-refractivity contribution in [1.82, 2.24) is 10.6 Å². The van der Waals surface area contributed by atoms with Crippen LogP contribution in [0.15, 0.2) is 24.3 Å². The van der Waals surface area contributed by atoms with Crippen molar-refractivity contribution in [2.45, 2.75) is 39.0 Å². The summed E-state index contributed by atoms with van der Waals surface area (Å²) in [5.74, 6) is -0.277. The molecule has 0 aliphatic rings. The maximum absolute atomic E-state index is 12.5. The lowest BCUT2D eigenvalue weighted by Crippen LogP contribution is -2.49. The largest absolute Gasteiger partial charge is 0.416 e. The fourth-order valence-electron chi connectivity index (χ4n) is 2.00. The molecule has 0 aromatic heterocycles. The fraction of sp³-hybridized carbons (Fsp3) is 0.467. The SMILES string of the molecule is CC(C)CC(NC(N)=O)C(=O)NCc1ccc(C(F)(F)F)cc1. The van der Waals surface area contributed by atoms with Crippen LogP contribution in [0.3, 0.4) is 0 Å². The quantitative estimate of drug-likeness (QED) is 0.748. The van der Waals surface area contributed by atoms with Crippen LogP contribution in [0.2, 0.25) is 0 Å². The average molecular weight is 331 g/mol. The van der Waals surface area contributed by atoms with Gasteiger partial charge in [0.05, 0.1) is 5.56 Å². The summed E-state index contributed by atoms with van der Waals surface area (Å²) in [6.07, 6.45) is -3.99. The minimum Gasteiger partial charge on any atom is -0.352 e. The summed E-state index contributed by atoms with van der Waals surface area (Å²) < 4.78 is 37.4. The number of alkyl halides is 3. The van der Waals surface area contributed by atoms with Gasteiger partial charge in [0.1, 0.15) is 6.04 Å². The molecule has 4 N–H and O–H groups in total. The second kappa shape index (κ2) is 7.85. The highest BCUT2D eigenvalue weighted by Gasteiger charge is 2.30. The van der Waals surface area contributed by atoms with E-state index in [1.807, 2.05) is 13.8 Å². The Kier molecular flexibility index (Phi) is 6.41. The number of rotatable bonds is 6. The van der Waals surface area contributed by atoms with Gasteiger partial charge in [-0.25, -0.2) is 4.79 Å². The van der Waals surface area contributed by atoms with Gasteiger partial charge in [0, 0.05) is 6.54 Å². The number of carbonyl (C=O) groups excluding carboxylic acids is 2. The summed E-state index contributed by atoms with van der Waals surface area (Å²) in [7, 11) is 0. The van der Waals surface area contributed by atoms with E-state index >= 15 is 0 Å². The Morgan fingerprint density at radius 3 is 2.17 bits per heavy atom. The van der Waals surface area contributed by atoms with Crippen LogP contribution >= 0.6 is 0 Å². The first-order chi connectivity index (χ1) is 10.6. The molecule has 0 saturated heterocycles. The molecule has 0 heterocycles. The van der Waals surface area contributed by atoms with Crippen molar-refractivity contribution in [3.63, 3.8) is 0 Å². The molecule has 1 rings (SSSR count). The number of halogens is 3. The molecule has 1 aromatic carbocycles. The molecule has 0 aliphatic heterocycles. The summed E-state index contributed by atoms with van der Waals surface area (Å²) >= 11 is 0. The van der Waals surface area contributed by atoms with Crippen LogP contribution in [0.25, 0.3) is 0 Å². The van der Waals surface area contributed by atoms with Crippen LogP contribution in [-0.4, -0.2) is 18.0 Å². The molecule has 8 heteroatoms. The molecule has 0 radical (unpaired) electrons. The van der Waals surface area contributed by atoms with Crippen molar-refractivity contribution in [3.05, 3.63) is 35.4 Å². The van der Waals surface area contributed by atoms with E-state index in [-0.39, 0.29) is 12.5 Å². The zero-order chi connectivity index (χ0) is 17.6. The van der Waals surface area contributed by atoms with Gasteiger partial charge < -0.3 is 16.4 Å². The molecule has 0 bridgehead atoms. The molecule has 1 aromatic rings. The number of hydrogen-bond donors (Lipinski definition) is 3. The number of urea groups is 1. The van der Waals surface area contributed by atoms with Crippen LogP contribution in [0.5, 0.6) is 0 Å². The van der Waals surface area contributed by atoms with Gasteiger partial charge in [-0.2, -0.15) is 13.2 Å². The molecule has 3 amide bonds. The number of amides is 3.